The quantitative estimate of drug-likeness (QED) is 0.785. The Kier molecular flexibility index (Phi) is 3.28. The van der Waals surface area contributed by atoms with Crippen molar-refractivity contribution in [3.05, 3.63) is 83.4 Å². The maximum absolute atomic E-state index is 13.0. The molecule has 2 aromatic carbocycles. The van der Waals surface area contributed by atoms with Gasteiger partial charge in [-0.25, -0.2) is 4.79 Å². The fraction of sp³-hybridized carbons (Fsp3) is 0.118. The van der Waals surface area contributed by atoms with Crippen LogP contribution in [0.3, 0.4) is 0 Å². The molecule has 2 aromatic rings. The van der Waals surface area contributed by atoms with Crippen molar-refractivity contribution < 1.29 is 22.7 Å². The van der Waals surface area contributed by atoms with Gasteiger partial charge in [-0.05, 0) is 6.08 Å². The summed E-state index contributed by atoms with van der Waals surface area (Å²) in [6, 6.07) is 16.8. The van der Waals surface area contributed by atoms with Crippen molar-refractivity contribution in [2.24, 2.45) is 0 Å². The molecule has 0 aliphatic carbocycles. The van der Waals surface area contributed by atoms with E-state index in [-0.39, 0.29) is 0 Å². The molecular weight excluding hydrogens is 293 g/mol. The summed E-state index contributed by atoms with van der Waals surface area (Å²) in [4.78, 5) is 11.8. The summed E-state index contributed by atoms with van der Waals surface area (Å²) in [5.74, 6) is -1.36. The molecule has 0 amide bonds. The molecule has 1 aliphatic heterocycles. The van der Waals surface area contributed by atoms with Crippen molar-refractivity contribution >= 4 is 5.97 Å². The predicted octanol–water partition coefficient (Wildman–Crippen LogP) is 3.98. The summed E-state index contributed by atoms with van der Waals surface area (Å²) >= 11 is 0. The zero-order valence-corrected chi connectivity index (χ0v) is 11.3. The highest BCUT2D eigenvalue weighted by molar-refractivity contribution is 5.93. The number of cyclic esters (lactones) is 1. The van der Waals surface area contributed by atoms with Crippen LogP contribution in [0.4, 0.5) is 13.2 Å². The number of hydrogen-bond acceptors (Lipinski definition) is 2. The van der Waals surface area contributed by atoms with Crippen LogP contribution in [0.15, 0.2) is 72.3 Å². The van der Waals surface area contributed by atoms with Gasteiger partial charge < -0.3 is 4.74 Å². The first-order chi connectivity index (χ1) is 10.4. The fourth-order valence-corrected chi connectivity index (χ4v) is 2.51. The maximum atomic E-state index is 13.0. The van der Waals surface area contributed by atoms with Gasteiger partial charge in [0.25, 0.3) is 0 Å². The lowest BCUT2D eigenvalue weighted by Gasteiger charge is -2.27. The monoisotopic (exact) mass is 304 g/mol. The molecule has 0 N–H and O–H groups in total. The molecule has 1 heterocycles. The average molecular weight is 304 g/mol. The van der Waals surface area contributed by atoms with Gasteiger partial charge in [0.05, 0.1) is 0 Å². The lowest BCUT2D eigenvalue weighted by atomic mass is 9.86. The molecule has 3 rings (SSSR count). The number of rotatable bonds is 2. The second kappa shape index (κ2) is 5.02. The molecule has 112 valence electrons. The van der Waals surface area contributed by atoms with Crippen LogP contribution in [0.2, 0.25) is 0 Å². The summed E-state index contributed by atoms with van der Waals surface area (Å²) < 4.78 is 44.3. The smallest absolute Gasteiger partial charge is 0.423 e. The van der Waals surface area contributed by atoms with Crippen molar-refractivity contribution in [3.8, 4) is 0 Å². The van der Waals surface area contributed by atoms with Crippen molar-refractivity contribution in [1.82, 2.24) is 0 Å². The standard InChI is InChI=1S/C17H11F3O2/c18-17(19,20)14-11-16(22-15(14)21,12-7-3-1-4-8-12)13-9-5-2-6-10-13/h1-11H. The molecule has 22 heavy (non-hydrogen) atoms. The Labute approximate surface area is 124 Å². The SMILES string of the molecule is O=C1OC(c2ccccc2)(c2ccccc2)C=C1C(F)(F)F. The van der Waals surface area contributed by atoms with E-state index in [0.717, 1.165) is 6.08 Å². The molecule has 0 fully saturated rings. The average Bonchev–Trinajstić information content (AvgIpc) is 2.88. The summed E-state index contributed by atoms with van der Waals surface area (Å²) in [6.07, 6.45) is -3.89. The van der Waals surface area contributed by atoms with Crippen LogP contribution in [0.25, 0.3) is 0 Å². The van der Waals surface area contributed by atoms with Crippen LogP contribution >= 0.6 is 0 Å². The van der Waals surface area contributed by atoms with Gasteiger partial charge in [-0.15, -0.1) is 0 Å². The van der Waals surface area contributed by atoms with Gasteiger partial charge in [-0.2, -0.15) is 13.2 Å². The van der Waals surface area contributed by atoms with Crippen LogP contribution in [0, 0.1) is 0 Å². The maximum Gasteiger partial charge on any atom is 0.423 e. The van der Waals surface area contributed by atoms with Crippen LogP contribution < -0.4 is 0 Å². The zero-order chi connectivity index (χ0) is 15.8. The first kappa shape index (κ1) is 14.4. The molecule has 0 radical (unpaired) electrons. The number of halogens is 3. The Balaban J connectivity index is 2.23. The molecule has 5 heteroatoms. The Morgan fingerprint density at radius 1 is 0.818 bits per heavy atom. The fourth-order valence-electron chi connectivity index (χ4n) is 2.51. The minimum absolute atomic E-state index is 0.466. The molecule has 2 nitrogen and oxygen atoms in total. The minimum atomic E-state index is -4.75. The van der Waals surface area contributed by atoms with E-state index >= 15 is 0 Å². The van der Waals surface area contributed by atoms with Gasteiger partial charge in [0.2, 0.25) is 0 Å². The third-order valence-corrected chi connectivity index (χ3v) is 3.53. The molecule has 0 saturated carbocycles. The first-order valence-corrected chi connectivity index (χ1v) is 6.58. The molecule has 0 bridgehead atoms. The van der Waals surface area contributed by atoms with Crippen molar-refractivity contribution in [2.45, 2.75) is 11.8 Å². The highest BCUT2D eigenvalue weighted by atomic mass is 19.4. The number of alkyl halides is 3. The lowest BCUT2D eigenvalue weighted by Crippen LogP contribution is -2.27. The second-order valence-corrected chi connectivity index (χ2v) is 4.91. The van der Waals surface area contributed by atoms with E-state index in [0.29, 0.717) is 11.1 Å². The highest BCUT2D eigenvalue weighted by Crippen LogP contribution is 2.44. The number of carbonyl (C=O) groups is 1. The van der Waals surface area contributed by atoms with Gasteiger partial charge in [0.1, 0.15) is 5.57 Å². The van der Waals surface area contributed by atoms with E-state index in [1.807, 2.05) is 0 Å². The number of benzene rings is 2. The van der Waals surface area contributed by atoms with Gasteiger partial charge in [0, 0.05) is 11.1 Å². The van der Waals surface area contributed by atoms with E-state index in [2.05, 4.69) is 0 Å². The Morgan fingerprint density at radius 3 is 1.64 bits per heavy atom. The summed E-state index contributed by atoms with van der Waals surface area (Å²) in [5.41, 5.74) is -1.90. The zero-order valence-electron chi connectivity index (χ0n) is 11.3. The number of ether oxygens (including phenoxy) is 1. The van der Waals surface area contributed by atoms with Crippen molar-refractivity contribution in [1.29, 1.82) is 0 Å². The van der Waals surface area contributed by atoms with E-state index in [9.17, 15) is 18.0 Å². The number of hydrogen-bond donors (Lipinski definition) is 0. The summed E-state index contributed by atoms with van der Waals surface area (Å²) in [5, 5.41) is 0. The molecule has 0 spiro atoms. The van der Waals surface area contributed by atoms with Gasteiger partial charge in [-0.3, -0.25) is 0 Å². The Hall–Kier alpha value is -2.56. The molecule has 0 atom stereocenters. The second-order valence-electron chi connectivity index (χ2n) is 4.91. The predicted molar refractivity (Wildman–Crippen MR) is 73.9 cm³/mol. The lowest BCUT2D eigenvalue weighted by molar-refractivity contribution is -0.152. The third kappa shape index (κ3) is 2.28. The van der Waals surface area contributed by atoms with Gasteiger partial charge in [0.15, 0.2) is 5.60 Å². The number of esters is 1. The van der Waals surface area contributed by atoms with Gasteiger partial charge >= 0.3 is 12.1 Å². The third-order valence-electron chi connectivity index (χ3n) is 3.53. The van der Waals surface area contributed by atoms with E-state index in [4.69, 9.17) is 4.74 Å². The summed E-state index contributed by atoms with van der Waals surface area (Å²) in [6.45, 7) is 0. The first-order valence-electron chi connectivity index (χ1n) is 6.58. The van der Waals surface area contributed by atoms with Crippen LogP contribution in [-0.4, -0.2) is 12.1 Å². The van der Waals surface area contributed by atoms with E-state index in [1.54, 1.807) is 60.7 Å². The van der Waals surface area contributed by atoms with E-state index in [1.165, 1.54) is 0 Å². The number of carbonyl (C=O) groups excluding carboxylic acids is 1. The summed E-state index contributed by atoms with van der Waals surface area (Å²) in [7, 11) is 0. The van der Waals surface area contributed by atoms with Crippen molar-refractivity contribution in [2.75, 3.05) is 0 Å². The largest absolute Gasteiger partial charge is 0.441 e. The van der Waals surface area contributed by atoms with Gasteiger partial charge in [-0.1, -0.05) is 60.7 Å². The Morgan fingerprint density at radius 2 is 1.27 bits per heavy atom. The normalized spacial score (nSPS) is 17.0. The molecule has 0 aromatic heterocycles. The minimum Gasteiger partial charge on any atom is -0.441 e. The molecular formula is C17H11F3O2. The van der Waals surface area contributed by atoms with Crippen LogP contribution in [-0.2, 0) is 15.1 Å². The van der Waals surface area contributed by atoms with Crippen LogP contribution in [0.1, 0.15) is 11.1 Å². The van der Waals surface area contributed by atoms with E-state index < -0.39 is 23.3 Å². The molecule has 0 saturated heterocycles. The van der Waals surface area contributed by atoms with Crippen molar-refractivity contribution in [3.63, 3.8) is 0 Å². The van der Waals surface area contributed by atoms with Crippen LogP contribution in [0.5, 0.6) is 0 Å². The highest BCUT2D eigenvalue weighted by Gasteiger charge is 2.51. The molecule has 1 aliphatic rings. The molecule has 0 unspecified atom stereocenters. The topological polar surface area (TPSA) is 26.3 Å². The Bertz CT molecular complexity index is 679.